The van der Waals surface area contributed by atoms with E-state index < -0.39 is 5.97 Å². The topological polar surface area (TPSA) is 62.9 Å². The van der Waals surface area contributed by atoms with Crippen LogP contribution >= 0.6 is 15.9 Å². The summed E-state index contributed by atoms with van der Waals surface area (Å²) in [4.78, 5) is 12.7. The SMILES string of the molecule is O=C(O)CCOC1CCN(Cc2occc2Br)CC1. The summed E-state index contributed by atoms with van der Waals surface area (Å²) in [6, 6.07) is 1.90. The number of furan rings is 1. The van der Waals surface area contributed by atoms with Crippen molar-refractivity contribution < 1.29 is 19.1 Å². The average molecular weight is 332 g/mol. The first-order chi connectivity index (χ1) is 9.15. The number of rotatable bonds is 6. The van der Waals surface area contributed by atoms with E-state index in [1.54, 1.807) is 6.26 Å². The Bertz CT molecular complexity index is 413. The van der Waals surface area contributed by atoms with E-state index >= 15 is 0 Å². The van der Waals surface area contributed by atoms with Crippen LogP contribution in [0.25, 0.3) is 0 Å². The second-order valence-corrected chi connectivity index (χ2v) is 5.54. The fourth-order valence-electron chi connectivity index (χ4n) is 2.19. The molecule has 0 atom stereocenters. The third-order valence-corrected chi connectivity index (χ3v) is 3.97. The number of hydrogen-bond acceptors (Lipinski definition) is 4. The second kappa shape index (κ2) is 7.07. The molecule has 0 amide bonds. The maximum atomic E-state index is 10.4. The van der Waals surface area contributed by atoms with E-state index in [0.29, 0.717) is 6.61 Å². The highest BCUT2D eigenvalue weighted by Gasteiger charge is 2.21. The van der Waals surface area contributed by atoms with Gasteiger partial charge in [0, 0.05) is 13.1 Å². The minimum absolute atomic E-state index is 0.0829. The van der Waals surface area contributed by atoms with Crippen LogP contribution < -0.4 is 0 Å². The molecule has 1 aromatic rings. The average Bonchev–Trinajstić information content (AvgIpc) is 2.77. The number of carboxylic acid groups (broad SMARTS) is 1. The van der Waals surface area contributed by atoms with Crippen molar-refractivity contribution in [3.8, 4) is 0 Å². The third kappa shape index (κ3) is 4.63. The molecule has 0 radical (unpaired) electrons. The van der Waals surface area contributed by atoms with E-state index in [4.69, 9.17) is 14.3 Å². The predicted molar refractivity (Wildman–Crippen MR) is 72.9 cm³/mol. The molecule has 1 aliphatic rings. The van der Waals surface area contributed by atoms with Crippen LogP contribution in [0.2, 0.25) is 0 Å². The molecular formula is C13H18BrNO4. The summed E-state index contributed by atoms with van der Waals surface area (Å²) in [7, 11) is 0. The van der Waals surface area contributed by atoms with E-state index in [9.17, 15) is 4.79 Å². The van der Waals surface area contributed by atoms with Gasteiger partial charge in [-0.3, -0.25) is 9.69 Å². The first-order valence-corrected chi connectivity index (χ1v) is 7.22. The molecule has 1 fully saturated rings. The van der Waals surface area contributed by atoms with Crippen molar-refractivity contribution in [3.05, 3.63) is 22.6 Å². The minimum Gasteiger partial charge on any atom is -0.481 e. The molecule has 1 N–H and O–H groups in total. The molecule has 1 aromatic heterocycles. The maximum absolute atomic E-state index is 10.4. The highest BCUT2D eigenvalue weighted by molar-refractivity contribution is 9.10. The quantitative estimate of drug-likeness (QED) is 0.867. The molecule has 0 aromatic carbocycles. The summed E-state index contributed by atoms with van der Waals surface area (Å²) in [6.45, 7) is 3.01. The Morgan fingerprint density at radius 1 is 1.53 bits per heavy atom. The Hall–Kier alpha value is -0.850. The smallest absolute Gasteiger partial charge is 0.305 e. The minimum atomic E-state index is -0.805. The van der Waals surface area contributed by atoms with Gasteiger partial charge in [-0.25, -0.2) is 0 Å². The molecular weight excluding hydrogens is 314 g/mol. The van der Waals surface area contributed by atoms with Crippen LogP contribution in [0.1, 0.15) is 25.0 Å². The summed E-state index contributed by atoms with van der Waals surface area (Å²) in [5.41, 5.74) is 0. The summed E-state index contributed by atoms with van der Waals surface area (Å²) < 4.78 is 12.0. The third-order valence-electron chi connectivity index (χ3n) is 3.26. The lowest BCUT2D eigenvalue weighted by molar-refractivity contribution is -0.138. The number of nitrogens with zero attached hydrogens (tertiary/aromatic N) is 1. The zero-order valence-corrected chi connectivity index (χ0v) is 12.3. The van der Waals surface area contributed by atoms with Crippen molar-refractivity contribution in [2.24, 2.45) is 0 Å². The Balaban J connectivity index is 1.68. The fourth-order valence-corrected chi connectivity index (χ4v) is 2.51. The zero-order chi connectivity index (χ0) is 13.7. The summed E-state index contributed by atoms with van der Waals surface area (Å²) >= 11 is 3.45. The molecule has 0 aliphatic carbocycles. The van der Waals surface area contributed by atoms with E-state index in [2.05, 4.69) is 20.8 Å². The molecule has 2 rings (SSSR count). The molecule has 0 spiro atoms. The van der Waals surface area contributed by atoms with Gasteiger partial charge < -0.3 is 14.3 Å². The van der Waals surface area contributed by atoms with E-state index in [0.717, 1.165) is 42.7 Å². The fraction of sp³-hybridized carbons (Fsp3) is 0.615. The number of carbonyl (C=O) groups is 1. The van der Waals surface area contributed by atoms with Crippen LogP contribution in [-0.4, -0.2) is 41.8 Å². The number of piperidine rings is 1. The Kier molecular flexibility index (Phi) is 5.42. The van der Waals surface area contributed by atoms with Crippen molar-refractivity contribution in [1.82, 2.24) is 4.90 Å². The van der Waals surface area contributed by atoms with Crippen LogP contribution in [0.3, 0.4) is 0 Å². The van der Waals surface area contributed by atoms with Crippen molar-refractivity contribution in [1.29, 1.82) is 0 Å². The highest BCUT2D eigenvalue weighted by atomic mass is 79.9. The maximum Gasteiger partial charge on any atom is 0.305 e. The van der Waals surface area contributed by atoms with Crippen molar-refractivity contribution >= 4 is 21.9 Å². The molecule has 0 saturated carbocycles. The summed E-state index contributed by atoms with van der Waals surface area (Å²) in [5.74, 6) is 0.144. The van der Waals surface area contributed by atoms with Gasteiger partial charge in [-0.1, -0.05) is 0 Å². The van der Waals surface area contributed by atoms with Gasteiger partial charge in [0.05, 0.1) is 36.4 Å². The number of likely N-dealkylation sites (tertiary alicyclic amines) is 1. The number of aliphatic carboxylic acids is 1. The van der Waals surface area contributed by atoms with Crippen LogP contribution in [0.4, 0.5) is 0 Å². The number of carboxylic acids is 1. The molecule has 19 heavy (non-hydrogen) atoms. The Morgan fingerprint density at radius 2 is 2.26 bits per heavy atom. The van der Waals surface area contributed by atoms with Crippen LogP contribution in [0, 0.1) is 0 Å². The number of ether oxygens (including phenoxy) is 1. The Labute approximate surface area is 120 Å². The van der Waals surface area contributed by atoms with Crippen LogP contribution in [-0.2, 0) is 16.1 Å². The predicted octanol–water partition coefficient (Wildman–Crippen LogP) is 2.50. The van der Waals surface area contributed by atoms with Gasteiger partial charge in [-0.15, -0.1) is 0 Å². The molecule has 106 valence electrons. The lowest BCUT2D eigenvalue weighted by atomic mass is 10.1. The summed E-state index contributed by atoms with van der Waals surface area (Å²) in [5, 5.41) is 8.55. The molecule has 1 aliphatic heterocycles. The Morgan fingerprint density at radius 3 is 2.84 bits per heavy atom. The number of hydrogen-bond donors (Lipinski definition) is 1. The normalized spacial score (nSPS) is 17.7. The first kappa shape index (κ1) is 14.6. The van der Waals surface area contributed by atoms with Gasteiger partial charge in [0.2, 0.25) is 0 Å². The molecule has 6 heteroatoms. The number of halogens is 1. The van der Waals surface area contributed by atoms with Crippen LogP contribution in [0.5, 0.6) is 0 Å². The standard InChI is InChI=1S/C13H18BrNO4/c14-11-3-7-19-12(11)9-15-5-1-10(2-6-15)18-8-4-13(16)17/h3,7,10H,1-2,4-6,8-9H2,(H,16,17). The van der Waals surface area contributed by atoms with Crippen LogP contribution in [0.15, 0.2) is 21.2 Å². The molecule has 0 bridgehead atoms. The first-order valence-electron chi connectivity index (χ1n) is 6.43. The lowest BCUT2D eigenvalue weighted by Crippen LogP contribution is -2.36. The summed E-state index contributed by atoms with van der Waals surface area (Å²) in [6.07, 6.45) is 3.84. The molecule has 2 heterocycles. The van der Waals surface area contributed by atoms with Gasteiger partial charge in [0.15, 0.2) is 0 Å². The monoisotopic (exact) mass is 331 g/mol. The van der Waals surface area contributed by atoms with E-state index in [1.165, 1.54) is 0 Å². The zero-order valence-electron chi connectivity index (χ0n) is 10.7. The van der Waals surface area contributed by atoms with Crippen molar-refractivity contribution in [2.45, 2.75) is 31.9 Å². The molecule has 1 saturated heterocycles. The second-order valence-electron chi connectivity index (χ2n) is 4.68. The van der Waals surface area contributed by atoms with Gasteiger partial charge in [-0.05, 0) is 34.8 Å². The largest absolute Gasteiger partial charge is 0.481 e. The molecule has 5 nitrogen and oxygen atoms in total. The van der Waals surface area contributed by atoms with Gasteiger partial charge in [0.1, 0.15) is 5.76 Å². The lowest BCUT2D eigenvalue weighted by Gasteiger charge is -2.31. The van der Waals surface area contributed by atoms with E-state index in [1.807, 2.05) is 6.07 Å². The van der Waals surface area contributed by atoms with Crippen molar-refractivity contribution in [2.75, 3.05) is 19.7 Å². The van der Waals surface area contributed by atoms with Gasteiger partial charge >= 0.3 is 5.97 Å². The van der Waals surface area contributed by atoms with Crippen molar-refractivity contribution in [3.63, 3.8) is 0 Å². The highest BCUT2D eigenvalue weighted by Crippen LogP contribution is 2.22. The molecule has 0 unspecified atom stereocenters. The van der Waals surface area contributed by atoms with Gasteiger partial charge in [-0.2, -0.15) is 0 Å². The van der Waals surface area contributed by atoms with Gasteiger partial charge in [0.25, 0.3) is 0 Å². The van der Waals surface area contributed by atoms with E-state index in [-0.39, 0.29) is 12.5 Å².